The van der Waals surface area contributed by atoms with E-state index in [1.54, 1.807) is 23.1 Å². The predicted octanol–water partition coefficient (Wildman–Crippen LogP) is 3.71. The Hall–Kier alpha value is -2.27. The second-order valence-electron chi connectivity index (χ2n) is 4.89. The molecule has 0 amide bonds. The lowest BCUT2D eigenvalue weighted by atomic mass is 10.0. The van der Waals surface area contributed by atoms with Gasteiger partial charge in [0.25, 0.3) is 0 Å². The van der Waals surface area contributed by atoms with Crippen LogP contribution < -0.4 is 10.5 Å². The van der Waals surface area contributed by atoms with E-state index in [4.69, 9.17) is 10.5 Å². The van der Waals surface area contributed by atoms with E-state index in [0.717, 1.165) is 33.0 Å². The zero-order valence-electron chi connectivity index (χ0n) is 12.3. The smallest absolute Gasteiger partial charge is 0.129 e. The number of anilines is 1. The van der Waals surface area contributed by atoms with E-state index in [9.17, 15) is 0 Å². The van der Waals surface area contributed by atoms with Gasteiger partial charge in [0.1, 0.15) is 17.3 Å². The highest BCUT2D eigenvalue weighted by Gasteiger charge is 2.18. The summed E-state index contributed by atoms with van der Waals surface area (Å²) in [6.07, 6.45) is 0. The van der Waals surface area contributed by atoms with Gasteiger partial charge in [0.2, 0.25) is 0 Å². The van der Waals surface area contributed by atoms with Gasteiger partial charge in [-0.1, -0.05) is 18.2 Å². The third kappa shape index (κ3) is 2.29. The molecule has 0 unspecified atom stereocenters. The van der Waals surface area contributed by atoms with E-state index in [2.05, 4.69) is 17.2 Å². The standard InChI is InChI=1S/C16H17N3OS/c1-10-6-7-11(9-12(10)20-3)14-15(13-5-4-8-21-13)18-19(2)16(14)17/h4-9H,17H2,1-3H3. The van der Waals surface area contributed by atoms with Gasteiger partial charge in [0.05, 0.1) is 17.6 Å². The first-order valence-corrected chi connectivity index (χ1v) is 7.51. The highest BCUT2D eigenvalue weighted by Crippen LogP contribution is 2.39. The fraction of sp³-hybridized carbons (Fsp3) is 0.188. The van der Waals surface area contributed by atoms with Crippen molar-refractivity contribution in [2.45, 2.75) is 6.92 Å². The van der Waals surface area contributed by atoms with Gasteiger partial charge in [-0.05, 0) is 35.6 Å². The van der Waals surface area contributed by atoms with Gasteiger partial charge < -0.3 is 10.5 Å². The number of hydrogen-bond donors (Lipinski definition) is 1. The van der Waals surface area contributed by atoms with Crippen molar-refractivity contribution in [3.8, 4) is 27.4 Å². The lowest BCUT2D eigenvalue weighted by Crippen LogP contribution is -1.98. The molecule has 3 rings (SSSR count). The van der Waals surface area contributed by atoms with Gasteiger partial charge in [0.15, 0.2) is 0 Å². The van der Waals surface area contributed by atoms with Gasteiger partial charge in [-0.25, -0.2) is 0 Å². The van der Waals surface area contributed by atoms with Crippen LogP contribution in [0.2, 0.25) is 0 Å². The molecule has 0 atom stereocenters. The Morgan fingerprint density at radius 3 is 2.76 bits per heavy atom. The van der Waals surface area contributed by atoms with E-state index >= 15 is 0 Å². The highest BCUT2D eigenvalue weighted by atomic mass is 32.1. The average Bonchev–Trinajstić information content (AvgIpc) is 3.09. The first kappa shape index (κ1) is 13.7. The first-order chi connectivity index (χ1) is 10.1. The second-order valence-corrected chi connectivity index (χ2v) is 5.84. The Morgan fingerprint density at radius 2 is 2.10 bits per heavy atom. The number of benzene rings is 1. The number of rotatable bonds is 3. The molecule has 4 nitrogen and oxygen atoms in total. The van der Waals surface area contributed by atoms with Crippen molar-refractivity contribution >= 4 is 17.2 Å². The molecule has 2 N–H and O–H groups in total. The number of hydrogen-bond acceptors (Lipinski definition) is 4. The zero-order chi connectivity index (χ0) is 15.0. The third-order valence-electron chi connectivity index (χ3n) is 3.54. The molecule has 2 heterocycles. The summed E-state index contributed by atoms with van der Waals surface area (Å²) in [6.45, 7) is 2.02. The molecule has 0 aliphatic heterocycles. The number of nitrogen functional groups attached to an aromatic ring is 1. The molecule has 2 aromatic heterocycles. The quantitative estimate of drug-likeness (QED) is 0.802. The van der Waals surface area contributed by atoms with Crippen LogP contribution in [-0.2, 0) is 7.05 Å². The van der Waals surface area contributed by atoms with E-state index in [1.165, 1.54) is 0 Å². The van der Waals surface area contributed by atoms with Crippen LogP contribution in [0, 0.1) is 6.92 Å². The molecular formula is C16H17N3OS. The van der Waals surface area contributed by atoms with Crippen LogP contribution in [0.15, 0.2) is 35.7 Å². The van der Waals surface area contributed by atoms with Gasteiger partial charge >= 0.3 is 0 Å². The fourth-order valence-electron chi connectivity index (χ4n) is 2.38. The molecule has 108 valence electrons. The van der Waals surface area contributed by atoms with Crippen LogP contribution in [0.4, 0.5) is 5.82 Å². The molecule has 21 heavy (non-hydrogen) atoms. The molecule has 0 aliphatic carbocycles. The summed E-state index contributed by atoms with van der Waals surface area (Å²) in [4.78, 5) is 1.11. The average molecular weight is 299 g/mol. The Labute approximate surface area is 127 Å². The molecule has 3 aromatic rings. The van der Waals surface area contributed by atoms with Gasteiger partial charge in [-0.3, -0.25) is 4.68 Å². The van der Waals surface area contributed by atoms with Crippen LogP contribution in [0.3, 0.4) is 0 Å². The maximum Gasteiger partial charge on any atom is 0.129 e. The molecule has 1 aromatic carbocycles. The number of nitrogens with two attached hydrogens (primary N) is 1. The zero-order valence-corrected chi connectivity index (χ0v) is 13.1. The minimum Gasteiger partial charge on any atom is -0.496 e. The Kier molecular flexibility index (Phi) is 3.43. The predicted molar refractivity (Wildman–Crippen MR) is 87.7 cm³/mol. The minimum absolute atomic E-state index is 0.657. The largest absolute Gasteiger partial charge is 0.496 e. The molecule has 0 radical (unpaired) electrons. The molecule has 0 saturated carbocycles. The summed E-state index contributed by atoms with van der Waals surface area (Å²) in [5.41, 5.74) is 10.2. The van der Waals surface area contributed by atoms with Crippen LogP contribution in [-0.4, -0.2) is 16.9 Å². The van der Waals surface area contributed by atoms with Gasteiger partial charge in [0, 0.05) is 7.05 Å². The van der Waals surface area contributed by atoms with Gasteiger partial charge in [-0.15, -0.1) is 11.3 Å². The number of aromatic nitrogens is 2. The van der Waals surface area contributed by atoms with Crippen LogP contribution in [0.25, 0.3) is 21.7 Å². The SMILES string of the molecule is COc1cc(-c2c(-c3cccs3)nn(C)c2N)ccc1C. The fourth-order valence-corrected chi connectivity index (χ4v) is 3.10. The van der Waals surface area contributed by atoms with Crippen LogP contribution in [0.1, 0.15) is 5.56 Å². The molecule has 5 heteroatoms. The number of methoxy groups -OCH3 is 1. The number of aryl methyl sites for hydroxylation is 2. The molecule has 0 bridgehead atoms. The maximum atomic E-state index is 6.24. The second kappa shape index (κ2) is 5.26. The monoisotopic (exact) mass is 299 g/mol. The molecule has 0 spiro atoms. The third-order valence-corrected chi connectivity index (χ3v) is 4.42. The summed E-state index contributed by atoms with van der Waals surface area (Å²) < 4.78 is 7.14. The van der Waals surface area contributed by atoms with Crippen molar-refractivity contribution in [3.05, 3.63) is 41.3 Å². The summed E-state index contributed by atoms with van der Waals surface area (Å²) in [6, 6.07) is 10.2. The summed E-state index contributed by atoms with van der Waals surface area (Å²) in [5.74, 6) is 1.51. The lowest BCUT2D eigenvalue weighted by molar-refractivity contribution is 0.412. The highest BCUT2D eigenvalue weighted by molar-refractivity contribution is 7.13. The summed E-state index contributed by atoms with van der Waals surface area (Å²) >= 11 is 1.66. The van der Waals surface area contributed by atoms with E-state index in [1.807, 2.05) is 37.6 Å². The van der Waals surface area contributed by atoms with Crippen molar-refractivity contribution in [1.29, 1.82) is 0 Å². The molecule has 0 saturated heterocycles. The maximum absolute atomic E-state index is 6.24. The van der Waals surface area contributed by atoms with Crippen molar-refractivity contribution < 1.29 is 4.74 Å². The van der Waals surface area contributed by atoms with Crippen molar-refractivity contribution in [1.82, 2.24) is 9.78 Å². The number of nitrogens with zero attached hydrogens (tertiary/aromatic N) is 2. The Morgan fingerprint density at radius 1 is 1.29 bits per heavy atom. The normalized spacial score (nSPS) is 10.8. The molecular weight excluding hydrogens is 282 g/mol. The van der Waals surface area contributed by atoms with Gasteiger partial charge in [-0.2, -0.15) is 5.10 Å². The molecule has 0 aliphatic rings. The summed E-state index contributed by atoms with van der Waals surface area (Å²) in [7, 11) is 3.54. The van der Waals surface area contributed by atoms with Crippen molar-refractivity contribution in [2.24, 2.45) is 7.05 Å². The Bertz CT molecular complexity index is 775. The topological polar surface area (TPSA) is 53.1 Å². The van der Waals surface area contributed by atoms with Crippen molar-refractivity contribution in [2.75, 3.05) is 12.8 Å². The first-order valence-electron chi connectivity index (χ1n) is 6.63. The van der Waals surface area contributed by atoms with E-state index in [0.29, 0.717) is 5.82 Å². The number of thiophene rings is 1. The van der Waals surface area contributed by atoms with Crippen LogP contribution >= 0.6 is 11.3 Å². The minimum atomic E-state index is 0.657. The summed E-state index contributed by atoms with van der Waals surface area (Å²) in [5, 5.41) is 6.61. The van der Waals surface area contributed by atoms with Crippen LogP contribution in [0.5, 0.6) is 5.75 Å². The molecule has 0 fully saturated rings. The number of ether oxygens (including phenoxy) is 1. The van der Waals surface area contributed by atoms with E-state index in [-0.39, 0.29) is 0 Å². The Balaban J connectivity index is 2.23. The van der Waals surface area contributed by atoms with Crippen molar-refractivity contribution in [3.63, 3.8) is 0 Å². The lowest BCUT2D eigenvalue weighted by Gasteiger charge is -2.08. The van der Waals surface area contributed by atoms with E-state index < -0.39 is 0 Å².